The van der Waals surface area contributed by atoms with Gasteiger partial charge in [0.25, 0.3) is 0 Å². The Morgan fingerprint density at radius 1 is 1.18 bits per heavy atom. The molecule has 2 aromatic carbocycles. The summed E-state index contributed by atoms with van der Waals surface area (Å²) < 4.78 is 26.4. The van der Waals surface area contributed by atoms with E-state index in [1.807, 2.05) is 26.0 Å². The predicted molar refractivity (Wildman–Crippen MR) is 87.7 cm³/mol. The maximum atomic E-state index is 13.6. The molecule has 5 heteroatoms. The molecule has 1 unspecified atom stereocenters. The monoisotopic (exact) mass is 318 g/mol. The molecule has 0 radical (unpaired) electrons. The number of hydrogen-bond donors (Lipinski definition) is 1. The average molecular weight is 318 g/mol. The van der Waals surface area contributed by atoms with E-state index in [1.54, 1.807) is 6.07 Å². The summed E-state index contributed by atoms with van der Waals surface area (Å²) in [5.41, 5.74) is 9.71. The van der Waals surface area contributed by atoms with Crippen molar-refractivity contribution >= 4 is 22.2 Å². The fourth-order valence-corrected chi connectivity index (χ4v) is 4.30. The zero-order chi connectivity index (χ0) is 15.9. The van der Waals surface area contributed by atoms with Crippen LogP contribution in [0.4, 0.5) is 15.8 Å². The summed E-state index contributed by atoms with van der Waals surface area (Å²) in [6.07, 6.45) is 0.816. The first-order valence-electron chi connectivity index (χ1n) is 7.33. The fourth-order valence-electron chi connectivity index (χ4n) is 2.84. The molecule has 0 bridgehead atoms. The molecular weight excluding hydrogens is 299 g/mol. The number of aryl methyl sites for hydroxylation is 1. The zero-order valence-electron chi connectivity index (χ0n) is 12.7. The highest BCUT2D eigenvalue weighted by atomic mass is 32.2. The zero-order valence-corrected chi connectivity index (χ0v) is 13.5. The molecule has 0 fully saturated rings. The van der Waals surface area contributed by atoms with Gasteiger partial charge in [-0.3, -0.25) is 0 Å². The second kappa shape index (κ2) is 5.82. The average Bonchev–Trinajstić information content (AvgIpc) is 2.51. The number of fused-ring (bicyclic) bond motifs is 2. The molecule has 0 saturated carbocycles. The molecule has 0 saturated heterocycles. The van der Waals surface area contributed by atoms with Crippen LogP contribution in [-0.2, 0) is 10.8 Å². The highest BCUT2D eigenvalue weighted by Gasteiger charge is 2.29. The van der Waals surface area contributed by atoms with Gasteiger partial charge < -0.3 is 10.6 Å². The summed E-state index contributed by atoms with van der Waals surface area (Å²) in [6.45, 7) is 5.38. The number of anilines is 2. The summed E-state index contributed by atoms with van der Waals surface area (Å²) in [4.78, 5) is 3.41. The van der Waals surface area contributed by atoms with Gasteiger partial charge in [0.15, 0.2) is 0 Å². The van der Waals surface area contributed by atoms with Crippen LogP contribution < -0.4 is 10.6 Å². The van der Waals surface area contributed by atoms with Gasteiger partial charge in [-0.1, -0.05) is 6.07 Å². The van der Waals surface area contributed by atoms with Gasteiger partial charge in [-0.2, -0.15) is 0 Å². The number of hydrogen-bond acceptors (Lipinski definition) is 3. The Labute approximate surface area is 132 Å². The molecule has 0 aromatic heterocycles. The third-order valence-electron chi connectivity index (χ3n) is 4.13. The number of halogens is 1. The summed E-state index contributed by atoms with van der Waals surface area (Å²) >= 11 is 0. The molecule has 22 heavy (non-hydrogen) atoms. The summed E-state index contributed by atoms with van der Waals surface area (Å²) in [7, 11) is -1.36. The van der Waals surface area contributed by atoms with E-state index < -0.39 is 10.8 Å². The van der Waals surface area contributed by atoms with Gasteiger partial charge >= 0.3 is 0 Å². The lowest BCUT2D eigenvalue weighted by atomic mass is 10.1. The quantitative estimate of drug-likeness (QED) is 0.943. The molecule has 0 aliphatic carbocycles. The Morgan fingerprint density at radius 2 is 1.95 bits per heavy atom. The van der Waals surface area contributed by atoms with Crippen LogP contribution in [0.25, 0.3) is 0 Å². The maximum Gasteiger partial charge on any atom is 0.124 e. The van der Waals surface area contributed by atoms with Crippen molar-refractivity contribution in [2.75, 3.05) is 18.0 Å². The third kappa shape index (κ3) is 2.34. The van der Waals surface area contributed by atoms with Crippen molar-refractivity contribution < 1.29 is 8.60 Å². The van der Waals surface area contributed by atoms with Crippen molar-refractivity contribution in [3.05, 3.63) is 47.3 Å². The summed E-state index contributed by atoms with van der Waals surface area (Å²) in [5, 5.41) is 0. The van der Waals surface area contributed by atoms with Gasteiger partial charge in [0, 0.05) is 6.54 Å². The van der Waals surface area contributed by atoms with Gasteiger partial charge in [-0.05, 0) is 62.2 Å². The van der Waals surface area contributed by atoms with Gasteiger partial charge in [0.05, 0.1) is 32.0 Å². The van der Waals surface area contributed by atoms with E-state index in [4.69, 9.17) is 5.73 Å². The van der Waals surface area contributed by atoms with Crippen molar-refractivity contribution in [3.63, 3.8) is 0 Å². The molecule has 1 aliphatic rings. The van der Waals surface area contributed by atoms with Gasteiger partial charge in [0.2, 0.25) is 0 Å². The molecule has 1 aliphatic heterocycles. The van der Waals surface area contributed by atoms with Gasteiger partial charge in [0.1, 0.15) is 5.82 Å². The van der Waals surface area contributed by atoms with E-state index in [1.165, 1.54) is 12.1 Å². The molecule has 3 rings (SSSR count). The Morgan fingerprint density at radius 3 is 2.68 bits per heavy atom. The maximum absolute atomic E-state index is 13.6. The number of nitrogens with zero attached hydrogens (tertiary/aromatic N) is 1. The van der Waals surface area contributed by atoms with Crippen LogP contribution in [0.1, 0.15) is 17.5 Å². The first kappa shape index (κ1) is 15.2. The SMILES string of the molecule is Cc1ccc2c(c1C)N(CCCN)c1ccc(F)cc1S2=O. The van der Waals surface area contributed by atoms with Crippen molar-refractivity contribution in [3.8, 4) is 0 Å². The number of rotatable bonds is 3. The minimum atomic E-state index is -1.36. The van der Waals surface area contributed by atoms with Gasteiger partial charge in [-0.15, -0.1) is 0 Å². The standard InChI is InChI=1S/C17H19FN2OS/c1-11-4-7-15-17(12(11)2)20(9-3-8-19)14-6-5-13(18)10-16(14)22(15)21/h4-7,10H,3,8-9,19H2,1-2H3. The normalized spacial score (nSPS) is 16.4. The van der Waals surface area contributed by atoms with E-state index in [0.717, 1.165) is 40.4 Å². The minimum Gasteiger partial charge on any atom is -0.339 e. The van der Waals surface area contributed by atoms with E-state index in [2.05, 4.69) is 4.90 Å². The Bertz CT molecular complexity index is 761. The smallest absolute Gasteiger partial charge is 0.124 e. The highest BCUT2D eigenvalue weighted by Crippen LogP contribution is 2.44. The Balaban J connectivity index is 2.24. The van der Waals surface area contributed by atoms with E-state index in [-0.39, 0.29) is 5.82 Å². The predicted octanol–water partition coefficient (Wildman–Crippen LogP) is 3.41. The molecule has 2 N–H and O–H groups in total. The second-order valence-corrected chi connectivity index (χ2v) is 6.95. The van der Waals surface area contributed by atoms with Crippen molar-refractivity contribution in [2.24, 2.45) is 5.73 Å². The summed E-state index contributed by atoms with van der Waals surface area (Å²) in [5.74, 6) is -0.363. The highest BCUT2D eigenvalue weighted by molar-refractivity contribution is 7.85. The van der Waals surface area contributed by atoms with E-state index in [9.17, 15) is 8.60 Å². The second-order valence-electron chi connectivity index (χ2n) is 5.53. The minimum absolute atomic E-state index is 0.363. The Kier molecular flexibility index (Phi) is 4.02. The molecule has 116 valence electrons. The van der Waals surface area contributed by atoms with Crippen LogP contribution in [0.2, 0.25) is 0 Å². The van der Waals surface area contributed by atoms with Crippen molar-refractivity contribution in [1.82, 2.24) is 0 Å². The number of benzene rings is 2. The lowest BCUT2D eigenvalue weighted by molar-refractivity contribution is 0.621. The molecule has 1 atom stereocenters. The first-order chi connectivity index (χ1) is 10.5. The Hall–Kier alpha value is -1.72. The molecule has 0 spiro atoms. The van der Waals surface area contributed by atoms with Crippen LogP contribution in [-0.4, -0.2) is 17.3 Å². The van der Waals surface area contributed by atoms with Crippen LogP contribution >= 0.6 is 0 Å². The van der Waals surface area contributed by atoms with Crippen LogP contribution in [0.5, 0.6) is 0 Å². The topological polar surface area (TPSA) is 46.3 Å². The first-order valence-corrected chi connectivity index (χ1v) is 8.48. The van der Waals surface area contributed by atoms with Crippen LogP contribution in [0, 0.1) is 19.7 Å². The summed E-state index contributed by atoms with van der Waals surface area (Å²) in [6, 6.07) is 8.36. The van der Waals surface area contributed by atoms with Crippen molar-refractivity contribution in [2.45, 2.75) is 30.1 Å². The lowest BCUT2D eigenvalue weighted by Gasteiger charge is -2.34. The molecule has 1 heterocycles. The molecular formula is C17H19FN2OS. The lowest BCUT2D eigenvalue weighted by Crippen LogP contribution is -2.27. The van der Waals surface area contributed by atoms with Gasteiger partial charge in [-0.25, -0.2) is 8.60 Å². The van der Waals surface area contributed by atoms with E-state index in [0.29, 0.717) is 11.4 Å². The molecule has 3 nitrogen and oxygen atoms in total. The van der Waals surface area contributed by atoms with E-state index >= 15 is 0 Å². The van der Waals surface area contributed by atoms with Crippen molar-refractivity contribution in [1.29, 1.82) is 0 Å². The van der Waals surface area contributed by atoms with Crippen LogP contribution in [0.3, 0.4) is 0 Å². The number of nitrogens with two attached hydrogens (primary N) is 1. The van der Waals surface area contributed by atoms with Crippen LogP contribution in [0.15, 0.2) is 40.1 Å². The largest absolute Gasteiger partial charge is 0.339 e. The third-order valence-corrected chi connectivity index (χ3v) is 5.59. The molecule has 2 aromatic rings. The molecule has 0 amide bonds. The fraction of sp³-hybridized carbons (Fsp3) is 0.294.